The second kappa shape index (κ2) is 25.5. The van der Waals surface area contributed by atoms with Crippen molar-refractivity contribution in [2.24, 2.45) is 41.4 Å². The predicted octanol–water partition coefficient (Wildman–Crippen LogP) is 6.04. The number of piperidine rings is 1. The third-order valence-corrected chi connectivity index (χ3v) is 15.7. The summed E-state index contributed by atoms with van der Waals surface area (Å²) in [6, 6.07) is -1.16. The van der Waals surface area contributed by atoms with Gasteiger partial charge in [0.05, 0.1) is 25.4 Å². The van der Waals surface area contributed by atoms with Crippen LogP contribution in [0.2, 0.25) is 0 Å². The molecule has 3 saturated heterocycles. The lowest BCUT2D eigenvalue weighted by molar-refractivity contribution is -0.265. The molecule has 16 atom stereocenters. The summed E-state index contributed by atoms with van der Waals surface area (Å²) in [7, 11) is 7.32. The molecule has 0 aromatic rings. The van der Waals surface area contributed by atoms with E-state index >= 15 is 0 Å². The Balaban J connectivity index is 1.48. The van der Waals surface area contributed by atoms with Crippen LogP contribution in [0.15, 0.2) is 47.6 Å². The van der Waals surface area contributed by atoms with Crippen molar-refractivity contribution in [3.05, 3.63) is 47.6 Å². The van der Waals surface area contributed by atoms with Gasteiger partial charge in [-0.2, -0.15) is 5.06 Å². The number of esters is 1. The number of aliphatic hydroxyl groups is 2. The van der Waals surface area contributed by atoms with E-state index in [1.165, 1.54) is 26.2 Å². The number of ketones is 3. The Kier molecular flexibility index (Phi) is 20.7. The van der Waals surface area contributed by atoms with Crippen LogP contribution in [-0.4, -0.2) is 152 Å². The van der Waals surface area contributed by atoms with Gasteiger partial charge in [-0.25, -0.2) is 9.59 Å². The topological polar surface area (TPSA) is 214 Å². The van der Waals surface area contributed by atoms with Crippen LogP contribution in [0, 0.1) is 41.4 Å². The molecule has 1 aliphatic carbocycles. The highest BCUT2D eigenvalue weighted by Crippen LogP contribution is 2.44. The Labute approximate surface area is 414 Å². The second-order valence-electron chi connectivity index (χ2n) is 20.6. The largest absolute Gasteiger partial charge is 0.460 e. The first kappa shape index (κ1) is 56.8. The van der Waals surface area contributed by atoms with Gasteiger partial charge in [0.25, 0.3) is 11.7 Å². The van der Waals surface area contributed by atoms with Crippen LogP contribution in [0.25, 0.3) is 0 Å². The number of allylic oxidation sites excluding steroid dienone is 6. The van der Waals surface area contributed by atoms with Crippen molar-refractivity contribution in [3.8, 4) is 0 Å². The lowest BCUT2D eigenvalue weighted by Crippen LogP contribution is -2.61. The molecule has 5 bridgehead atoms. The summed E-state index contributed by atoms with van der Waals surface area (Å²) in [5.41, 5.74) is 1.25. The van der Waals surface area contributed by atoms with Crippen LogP contribution in [-0.2, 0) is 57.2 Å². The summed E-state index contributed by atoms with van der Waals surface area (Å²) < 4.78 is 35.5. The highest BCUT2D eigenvalue weighted by molar-refractivity contribution is 6.39. The normalized spacial score (nSPS) is 40.3. The summed E-state index contributed by atoms with van der Waals surface area (Å²) in [4.78, 5) is 90.0. The van der Waals surface area contributed by atoms with Crippen LogP contribution < -0.4 is 0 Å². The van der Waals surface area contributed by atoms with E-state index < -0.39 is 96.1 Å². The molecule has 2 amide bonds. The SMILES string of the molecule is COC1C(=O)C(C)C[C@H](C)/C=C/C=C/C=C(\C)[C@@H](OC)CC2CCC(C)C(O)(O2)C(=O)C(=O)N2CCC3CC2C(=O)O[C@@H](CC(=O)[C@H](C)/C=C(\C)[C@H]1O)[C@H]3C[C@@H]1CC[C@@H](OC(=O)N(C)OC)C(OC)C1. The van der Waals surface area contributed by atoms with Crippen LogP contribution in [0.5, 0.6) is 0 Å². The summed E-state index contributed by atoms with van der Waals surface area (Å²) >= 11 is 0. The van der Waals surface area contributed by atoms with Crippen molar-refractivity contribution in [1.29, 1.82) is 0 Å². The van der Waals surface area contributed by atoms with E-state index in [9.17, 15) is 39.0 Å². The van der Waals surface area contributed by atoms with Gasteiger partial charge in [0.15, 0.2) is 5.78 Å². The third kappa shape index (κ3) is 13.7. The van der Waals surface area contributed by atoms with Crippen molar-refractivity contribution in [2.75, 3.05) is 42.0 Å². The van der Waals surface area contributed by atoms with Crippen molar-refractivity contribution in [3.63, 3.8) is 0 Å². The highest BCUT2D eigenvalue weighted by atomic mass is 16.7. The Hall–Kier alpha value is -4.10. The van der Waals surface area contributed by atoms with Crippen molar-refractivity contribution in [2.45, 2.75) is 167 Å². The molecular formula is C53H80N2O15. The van der Waals surface area contributed by atoms with E-state index in [1.54, 1.807) is 41.1 Å². The van der Waals surface area contributed by atoms with Crippen molar-refractivity contribution in [1.82, 2.24) is 9.96 Å². The molecule has 392 valence electrons. The zero-order valence-corrected chi connectivity index (χ0v) is 43.2. The lowest BCUT2D eigenvalue weighted by Gasteiger charge is -2.43. The molecule has 5 rings (SSSR count). The average molecular weight is 985 g/mol. The summed E-state index contributed by atoms with van der Waals surface area (Å²) in [5.74, 6) is -8.41. The lowest BCUT2D eigenvalue weighted by atomic mass is 9.71. The maximum absolute atomic E-state index is 14.4. The molecular weight excluding hydrogens is 905 g/mol. The summed E-state index contributed by atoms with van der Waals surface area (Å²) in [6.45, 7) is 10.8. The van der Waals surface area contributed by atoms with E-state index in [0.717, 1.165) is 10.6 Å². The van der Waals surface area contributed by atoms with Gasteiger partial charge in [0.1, 0.15) is 36.2 Å². The first-order valence-corrected chi connectivity index (χ1v) is 25.1. The first-order valence-electron chi connectivity index (χ1n) is 25.1. The predicted molar refractivity (Wildman–Crippen MR) is 257 cm³/mol. The maximum Gasteiger partial charge on any atom is 0.434 e. The molecule has 0 aromatic carbocycles. The highest BCUT2D eigenvalue weighted by Gasteiger charge is 2.55. The fourth-order valence-corrected chi connectivity index (χ4v) is 11.2. The zero-order chi connectivity index (χ0) is 51.6. The molecule has 5 aliphatic rings. The van der Waals surface area contributed by atoms with Crippen molar-refractivity contribution < 1.29 is 72.2 Å². The van der Waals surface area contributed by atoms with Gasteiger partial charge in [0, 0.05) is 65.5 Å². The summed E-state index contributed by atoms with van der Waals surface area (Å²) in [6.07, 6.45) is 9.34. The van der Waals surface area contributed by atoms with Crippen LogP contribution in [0.4, 0.5) is 4.79 Å². The molecule has 8 unspecified atom stereocenters. The molecule has 0 radical (unpaired) electrons. The van der Waals surface area contributed by atoms with E-state index in [2.05, 4.69) is 0 Å². The number of hydrogen-bond donors (Lipinski definition) is 2. The second-order valence-corrected chi connectivity index (χ2v) is 20.6. The van der Waals surface area contributed by atoms with Crippen LogP contribution >= 0.6 is 0 Å². The minimum Gasteiger partial charge on any atom is -0.460 e. The number of carbonyl (C=O) groups is 6. The zero-order valence-electron chi connectivity index (χ0n) is 43.2. The summed E-state index contributed by atoms with van der Waals surface area (Å²) in [5, 5.41) is 24.5. The number of fused-ring (bicyclic) bond motifs is 5. The Bertz CT molecular complexity index is 1980. The van der Waals surface area contributed by atoms with Crippen molar-refractivity contribution >= 4 is 35.3 Å². The maximum atomic E-state index is 14.4. The number of aliphatic hydroxyl groups excluding tert-OH is 1. The van der Waals surface area contributed by atoms with Crippen LogP contribution in [0.1, 0.15) is 112 Å². The number of rotatable bonds is 7. The van der Waals surface area contributed by atoms with E-state index in [0.29, 0.717) is 63.4 Å². The van der Waals surface area contributed by atoms with Gasteiger partial charge >= 0.3 is 12.1 Å². The van der Waals surface area contributed by atoms with Crippen LogP contribution in [0.3, 0.4) is 0 Å². The molecule has 1 saturated carbocycles. The fourth-order valence-electron chi connectivity index (χ4n) is 11.2. The number of nitrogens with zero attached hydrogens (tertiary/aromatic N) is 2. The van der Waals surface area contributed by atoms with Gasteiger partial charge in [0.2, 0.25) is 5.79 Å². The minimum absolute atomic E-state index is 0.00765. The molecule has 17 nitrogen and oxygen atoms in total. The Morgan fingerprint density at radius 1 is 0.857 bits per heavy atom. The third-order valence-electron chi connectivity index (χ3n) is 15.7. The number of methoxy groups -OCH3 is 3. The molecule has 0 aromatic heterocycles. The standard InChI is InChI=1S/C53H80N2O15/c1-30-15-13-12-14-16-31(2)43(64-8)28-38-19-17-35(6)53(63,70-38)49(59)50(60)55-22-21-37-27-40(55)51(61)68-44(29-41(56)32(3)24-34(5)47(58)48(66-10)46(57)33(4)23-30)39(37)25-36-18-20-42(45(26-36)65-9)69-52(62)54(7)67-11/h12-16,24,30,32-33,35-40,42-45,47-48,58,63H,17-23,25-29H2,1-11H3/b14-12+,15-13+,31-16+,34-24+/t30-,32-,33?,35?,36+,37?,38?,39+,40?,42-,43+,44+,45?,47-,48?,53?/m1/s1. The van der Waals surface area contributed by atoms with Gasteiger partial charge in [-0.15, -0.1) is 0 Å². The quantitative estimate of drug-likeness (QED) is 0.129. The Morgan fingerprint density at radius 2 is 1.59 bits per heavy atom. The molecule has 4 aliphatic heterocycles. The number of hydrogen-bond acceptors (Lipinski definition) is 15. The number of amides is 2. The molecule has 70 heavy (non-hydrogen) atoms. The smallest absolute Gasteiger partial charge is 0.434 e. The van der Waals surface area contributed by atoms with Gasteiger partial charge in [-0.3, -0.25) is 24.0 Å². The molecule has 4 heterocycles. The average Bonchev–Trinajstić information content (AvgIpc) is 3.43. The number of carbonyl (C=O) groups excluding carboxylic acids is 6. The van der Waals surface area contributed by atoms with Gasteiger partial charge < -0.3 is 43.5 Å². The molecule has 2 N–H and O–H groups in total. The first-order chi connectivity index (χ1) is 33.2. The van der Waals surface area contributed by atoms with Gasteiger partial charge in [-0.1, -0.05) is 64.2 Å². The monoisotopic (exact) mass is 985 g/mol. The van der Waals surface area contributed by atoms with Gasteiger partial charge in [-0.05, 0) is 106 Å². The van der Waals surface area contributed by atoms with E-state index in [4.69, 9.17) is 33.3 Å². The van der Waals surface area contributed by atoms with E-state index in [-0.39, 0.29) is 54.6 Å². The fraction of sp³-hybridized carbons (Fsp3) is 0.736. The van der Waals surface area contributed by atoms with E-state index in [1.807, 2.05) is 51.2 Å². The number of Topliss-reactive ketones (excluding diaryl/α,β-unsaturated/α-hetero) is 3. The molecule has 0 spiro atoms. The molecule has 17 heteroatoms. The minimum atomic E-state index is -2.45. The number of hydroxylamine groups is 2. The molecule has 4 fully saturated rings. The Morgan fingerprint density at radius 3 is 2.26 bits per heavy atom. The number of ether oxygens (including phenoxy) is 6.